The second kappa shape index (κ2) is 9.82. The summed E-state index contributed by atoms with van der Waals surface area (Å²) in [7, 11) is 3.96. The predicted molar refractivity (Wildman–Crippen MR) is 92.9 cm³/mol. The summed E-state index contributed by atoms with van der Waals surface area (Å²) in [5.74, 6) is 1.89. The Labute approximate surface area is 131 Å². The first-order chi connectivity index (χ1) is 10.1. The Morgan fingerprint density at radius 2 is 2.14 bits per heavy atom. The minimum absolute atomic E-state index is 0.566. The van der Waals surface area contributed by atoms with Crippen LogP contribution in [0.4, 0.5) is 0 Å². The van der Waals surface area contributed by atoms with Crippen LogP contribution in [0.3, 0.4) is 0 Å². The van der Waals surface area contributed by atoms with Gasteiger partial charge in [0.2, 0.25) is 0 Å². The van der Waals surface area contributed by atoms with E-state index in [0.717, 1.165) is 37.8 Å². The van der Waals surface area contributed by atoms with Gasteiger partial charge in [-0.2, -0.15) is 0 Å². The van der Waals surface area contributed by atoms with Crippen molar-refractivity contribution in [1.82, 2.24) is 15.1 Å². The SMILES string of the molecule is C=CCCCN(C)C(=NC)NCC(C)N1CCC(C)CC1. The van der Waals surface area contributed by atoms with E-state index in [1.54, 1.807) is 0 Å². The first-order valence-corrected chi connectivity index (χ1v) is 8.35. The molecular weight excluding hydrogens is 260 g/mol. The molecule has 1 rings (SSSR count). The zero-order valence-corrected chi connectivity index (χ0v) is 14.4. The van der Waals surface area contributed by atoms with Gasteiger partial charge in [0, 0.05) is 33.2 Å². The summed E-state index contributed by atoms with van der Waals surface area (Å²) in [6.07, 6.45) is 6.83. The molecule has 1 N–H and O–H groups in total. The summed E-state index contributed by atoms with van der Waals surface area (Å²) >= 11 is 0. The topological polar surface area (TPSA) is 30.9 Å². The summed E-state index contributed by atoms with van der Waals surface area (Å²) in [5, 5.41) is 3.51. The standard InChI is InChI=1S/C17H34N4/c1-6-7-8-11-20(5)17(18-4)19-14-16(3)21-12-9-15(2)10-13-21/h6,15-16H,1,7-14H2,2-5H3,(H,18,19). The monoisotopic (exact) mass is 294 g/mol. The lowest BCUT2D eigenvalue weighted by Gasteiger charge is -2.35. The van der Waals surface area contributed by atoms with Crippen molar-refractivity contribution in [2.45, 2.75) is 45.6 Å². The Kier molecular flexibility index (Phi) is 8.43. The molecule has 1 aliphatic heterocycles. The molecule has 0 aromatic rings. The fourth-order valence-electron chi connectivity index (χ4n) is 2.80. The van der Waals surface area contributed by atoms with Gasteiger partial charge in [-0.25, -0.2) is 0 Å². The lowest BCUT2D eigenvalue weighted by atomic mass is 9.98. The fourth-order valence-corrected chi connectivity index (χ4v) is 2.80. The van der Waals surface area contributed by atoms with Gasteiger partial charge in [-0.05, 0) is 51.6 Å². The van der Waals surface area contributed by atoms with Gasteiger partial charge in [0.15, 0.2) is 5.96 Å². The van der Waals surface area contributed by atoms with E-state index in [-0.39, 0.29) is 0 Å². The summed E-state index contributed by atoms with van der Waals surface area (Å²) in [5.41, 5.74) is 0. The highest BCUT2D eigenvalue weighted by Gasteiger charge is 2.20. The average molecular weight is 294 g/mol. The number of hydrogen-bond acceptors (Lipinski definition) is 2. The molecule has 122 valence electrons. The van der Waals surface area contributed by atoms with Gasteiger partial charge >= 0.3 is 0 Å². The normalized spacial score (nSPS) is 19.3. The van der Waals surface area contributed by atoms with Crippen molar-refractivity contribution in [2.75, 3.05) is 40.3 Å². The third kappa shape index (κ3) is 6.51. The molecule has 1 fully saturated rings. The second-order valence-corrected chi connectivity index (χ2v) is 6.35. The fraction of sp³-hybridized carbons (Fsp3) is 0.824. The van der Waals surface area contributed by atoms with Crippen LogP contribution in [0, 0.1) is 5.92 Å². The number of guanidine groups is 1. The van der Waals surface area contributed by atoms with Crippen LogP contribution >= 0.6 is 0 Å². The number of nitrogens with zero attached hydrogens (tertiary/aromatic N) is 3. The number of aliphatic imine (C=N–C) groups is 1. The minimum atomic E-state index is 0.566. The Morgan fingerprint density at radius 1 is 1.48 bits per heavy atom. The molecular formula is C17H34N4. The van der Waals surface area contributed by atoms with Crippen molar-refractivity contribution >= 4 is 5.96 Å². The molecule has 0 aromatic carbocycles. The lowest BCUT2D eigenvalue weighted by molar-refractivity contribution is 0.147. The van der Waals surface area contributed by atoms with Gasteiger partial charge < -0.3 is 10.2 Å². The van der Waals surface area contributed by atoms with Crippen LogP contribution in [0.15, 0.2) is 17.6 Å². The molecule has 21 heavy (non-hydrogen) atoms. The molecule has 1 atom stereocenters. The summed E-state index contributed by atoms with van der Waals surface area (Å²) in [6, 6.07) is 0.566. The maximum Gasteiger partial charge on any atom is 0.193 e. The molecule has 0 spiro atoms. The number of hydrogen-bond donors (Lipinski definition) is 1. The number of likely N-dealkylation sites (tertiary alicyclic amines) is 1. The number of allylic oxidation sites excluding steroid dienone is 1. The summed E-state index contributed by atoms with van der Waals surface area (Å²) < 4.78 is 0. The van der Waals surface area contributed by atoms with Crippen molar-refractivity contribution in [3.8, 4) is 0 Å². The zero-order valence-electron chi connectivity index (χ0n) is 14.4. The maximum absolute atomic E-state index is 4.38. The van der Waals surface area contributed by atoms with Gasteiger partial charge in [0.25, 0.3) is 0 Å². The maximum atomic E-state index is 4.38. The quantitative estimate of drug-likeness (QED) is 0.339. The molecule has 0 amide bonds. The predicted octanol–water partition coefficient (Wildman–Crippen LogP) is 2.58. The molecule has 1 heterocycles. The summed E-state index contributed by atoms with van der Waals surface area (Å²) in [4.78, 5) is 9.18. The Hall–Kier alpha value is -1.03. The van der Waals surface area contributed by atoms with E-state index in [0.29, 0.717) is 6.04 Å². The van der Waals surface area contributed by atoms with Crippen molar-refractivity contribution in [1.29, 1.82) is 0 Å². The van der Waals surface area contributed by atoms with E-state index in [4.69, 9.17) is 0 Å². The smallest absolute Gasteiger partial charge is 0.193 e. The highest BCUT2D eigenvalue weighted by atomic mass is 15.3. The van der Waals surface area contributed by atoms with Crippen LogP contribution in [-0.4, -0.2) is 62.1 Å². The van der Waals surface area contributed by atoms with E-state index < -0.39 is 0 Å². The number of rotatable bonds is 7. The molecule has 0 aromatic heterocycles. The minimum Gasteiger partial charge on any atom is -0.355 e. The van der Waals surface area contributed by atoms with Crippen LogP contribution in [-0.2, 0) is 0 Å². The molecule has 1 aliphatic rings. The molecule has 0 radical (unpaired) electrons. The van der Waals surface area contributed by atoms with Crippen molar-refractivity contribution in [3.05, 3.63) is 12.7 Å². The molecule has 4 nitrogen and oxygen atoms in total. The number of piperidine rings is 1. The third-order valence-electron chi connectivity index (χ3n) is 4.47. The van der Waals surface area contributed by atoms with E-state index in [2.05, 4.69) is 47.6 Å². The van der Waals surface area contributed by atoms with Crippen LogP contribution in [0.2, 0.25) is 0 Å². The van der Waals surface area contributed by atoms with Crippen molar-refractivity contribution < 1.29 is 0 Å². The molecule has 1 saturated heterocycles. The van der Waals surface area contributed by atoms with E-state index >= 15 is 0 Å². The first kappa shape index (κ1) is 18.0. The van der Waals surface area contributed by atoms with Gasteiger partial charge in [0.1, 0.15) is 0 Å². The highest BCUT2D eigenvalue weighted by molar-refractivity contribution is 5.79. The largest absolute Gasteiger partial charge is 0.355 e. The molecule has 0 bridgehead atoms. The van der Waals surface area contributed by atoms with Crippen LogP contribution < -0.4 is 5.32 Å². The molecule has 0 saturated carbocycles. The van der Waals surface area contributed by atoms with Crippen molar-refractivity contribution in [3.63, 3.8) is 0 Å². The Morgan fingerprint density at radius 3 is 2.71 bits per heavy atom. The second-order valence-electron chi connectivity index (χ2n) is 6.35. The van der Waals surface area contributed by atoms with E-state index in [1.165, 1.54) is 25.9 Å². The third-order valence-corrected chi connectivity index (χ3v) is 4.47. The van der Waals surface area contributed by atoms with Crippen LogP contribution in [0.5, 0.6) is 0 Å². The lowest BCUT2D eigenvalue weighted by Crippen LogP contribution is -2.48. The Balaban J connectivity index is 2.31. The summed E-state index contributed by atoms with van der Waals surface area (Å²) in [6.45, 7) is 12.9. The van der Waals surface area contributed by atoms with Crippen molar-refractivity contribution in [2.24, 2.45) is 10.9 Å². The highest BCUT2D eigenvalue weighted by Crippen LogP contribution is 2.17. The van der Waals surface area contributed by atoms with E-state index in [9.17, 15) is 0 Å². The van der Waals surface area contributed by atoms with Gasteiger partial charge in [-0.15, -0.1) is 6.58 Å². The van der Waals surface area contributed by atoms with Crippen LogP contribution in [0.25, 0.3) is 0 Å². The zero-order chi connectivity index (χ0) is 15.7. The van der Waals surface area contributed by atoms with Gasteiger partial charge in [-0.1, -0.05) is 13.0 Å². The Bertz CT molecular complexity index is 319. The molecule has 1 unspecified atom stereocenters. The van der Waals surface area contributed by atoms with E-state index in [1.807, 2.05) is 13.1 Å². The number of unbranched alkanes of at least 4 members (excludes halogenated alkanes) is 1. The molecule has 4 heteroatoms. The van der Waals surface area contributed by atoms with Gasteiger partial charge in [-0.3, -0.25) is 9.89 Å². The van der Waals surface area contributed by atoms with Gasteiger partial charge in [0.05, 0.1) is 0 Å². The molecule has 0 aliphatic carbocycles. The van der Waals surface area contributed by atoms with Crippen LogP contribution in [0.1, 0.15) is 39.5 Å². The average Bonchev–Trinajstić information content (AvgIpc) is 2.48. The number of nitrogens with one attached hydrogen (secondary N) is 1. The first-order valence-electron chi connectivity index (χ1n) is 8.35.